The molecular weight excluding hydrogens is 322 g/mol. The topological polar surface area (TPSA) is 128 Å². The van der Waals surface area contributed by atoms with Gasteiger partial charge >= 0.3 is 11.9 Å². The Kier molecular flexibility index (Phi) is 6.80. The minimum absolute atomic E-state index is 0.0855. The highest BCUT2D eigenvalue weighted by Crippen LogP contribution is 2.30. The summed E-state index contributed by atoms with van der Waals surface area (Å²) in [6.45, 7) is 0.613. The minimum atomic E-state index is -0.828. The van der Waals surface area contributed by atoms with E-state index in [-0.39, 0.29) is 24.3 Å². The summed E-state index contributed by atoms with van der Waals surface area (Å²) < 4.78 is 5.45. The first-order valence-electron chi connectivity index (χ1n) is 8.52. The monoisotopic (exact) mass is 347 g/mol. The van der Waals surface area contributed by atoms with E-state index in [4.69, 9.17) is 21.3 Å². The number of nitrogens with two attached hydrogens (primary N) is 2. The molecule has 0 saturated heterocycles. The van der Waals surface area contributed by atoms with Crippen molar-refractivity contribution in [3.8, 4) is 5.75 Å². The summed E-state index contributed by atoms with van der Waals surface area (Å²) in [4.78, 5) is 26.9. The predicted octanol–water partition coefficient (Wildman–Crippen LogP) is 1.69. The zero-order chi connectivity index (χ0) is 18.2. The second-order valence-corrected chi connectivity index (χ2v) is 6.44. The number of carboxylic acid groups (broad SMARTS) is 1. The lowest BCUT2D eigenvalue weighted by atomic mass is 9.82. The first-order chi connectivity index (χ1) is 11.9. The van der Waals surface area contributed by atoms with Crippen molar-refractivity contribution in [3.63, 3.8) is 0 Å². The van der Waals surface area contributed by atoms with Crippen molar-refractivity contribution in [1.29, 1.82) is 0 Å². The largest absolute Gasteiger partial charge is 0.481 e. The molecule has 0 spiro atoms. The average Bonchev–Trinajstić information content (AvgIpc) is 2.59. The van der Waals surface area contributed by atoms with Crippen molar-refractivity contribution in [1.82, 2.24) is 0 Å². The molecule has 0 aromatic heterocycles. The number of carbonyl (C=O) groups excluding carboxylic acids is 1. The lowest BCUT2D eigenvalue weighted by Gasteiger charge is -2.26. The Morgan fingerprint density at radius 1 is 1.12 bits per heavy atom. The van der Waals surface area contributed by atoms with E-state index in [1.807, 2.05) is 0 Å². The van der Waals surface area contributed by atoms with Crippen LogP contribution in [-0.4, -0.2) is 29.5 Å². The fourth-order valence-corrected chi connectivity index (χ4v) is 2.99. The molecule has 1 aromatic carbocycles. The summed E-state index contributed by atoms with van der Waals surface area (Å²) in [6.07, 6.45) is 3.92. The molecule has 1 aromatic rings. The molecule has 1 fully saturated rings. The number of carbonyl (C=O) groups is 2. The van der Waals surface area contributed by atoms with Gasteiger partial charge in [0.05, 0.1) is 5.92 Å². The van der Waals surface area contributed by atoms with E-state index in [9.17, 15) is 9.59 Å². The highest BCUT2D eigenvalue weighted by Gasteiger charge is 2.27. The summed E-state index contributed by atoms with van der Waals surface area (Å²) in [6, 6.07) is 6.99. The number of benzene rings is 1. The van der Waals surface area contributed by atoms with Crippen LogP contribution in [0.5, 0.6) is 5.75 Å². The van der Waals surface area contributed by atoms with Crippen molar-refractivity contribution in [2.45, 2.75) is 38.5 Å². The molecular formula is C18H25N3O4. The number of esters is 1. The maximum absolute atomic E-state index is 12.3. The highest BCUT2D eigenvalue weighted by atomic mass is 16.5. The molecule has 0 heterocycles. The molecule has 136 valence electrons. The number of aryl methyl sites for hydroxylation is 1. The van der Waals surface area contributed by atoms with E-state index in [0.29, 0.717) is 24.6 Å². The van der Waals surface area contributed by atoms with Crippen LogP contribution in [0.15, 0.2) is 29.3 Å². The molecule has 0 unspecified atom stereocenters. The molecule has 25 heavy (non-hydrogen) atoms. The van der Waals surface area contributed by atoms with E-state index in [1.54, 1.807) is 24.3 Å². The number of nitrogens with zero attached hydrogens (tertiary/aromatic N) is 1. The van der Waals surface area contributed by atoms with Crippen molar-refractivity contribution in [3.05, 3.63) is 29.8 Å². The maximum atomic E-state index is 12.3. The van der Waals surface area contributed by atoms with Crippen LogP contribution in [0.1, 0.15) is 37.7 Å². The van der Waals surface area contributed by atoms with E-state index >= 15 is 0 Å². The summed E-state index contributed by atoms with van der Waals surface area (Å²) in [5, 5.41) is 8.68. The molecule has 1 saturated carbocycles. The molecule has 0 amide bonds. The molecule has 0 radical (unpaired) electrons. The van der Waals surface area contributed by atoms with Crippen LogP contribution in [0, 0.1) is 11.8 Å². The van der Waals surface area contributed by atoms with E-state index in [2.05, 4.69) is 4.99 Å². The number of rotatable bonds is 7. The number of guanidine groups is 1. The summed E-state index contributed by atoms with van der Waals surface area (Å²) in [5.74, 6) is -0.119. The van der Waals surface area contributed by atoms with Crippen LogP contribution in [0.2, 0.25) is 0 Å². The number of hydrogen-bond donors (Lipinski definition) is 3. The lowest BCUT2D eigenvalue weighted by Crippen LogP contribution is -2.28. The first kappa shape index (κ1) is 18.8. The zero-order valence-corrected chi connectivity index (χ0v) is 14.2. The third-order valence-corrected chi connectivity index (χ3v) is 4.48. The molecule has 0 aliphatic heterocycles. The molecule has 7 nitrogen and oxygen atoms in total. The fourth-order valence-electron chi connectivity index (χ4n) is 2.99. The zero-order valence-electron chi connectivity index (χ0n) is 14.2. The van der Waals surface area contributed by atoms with Crippen molar-refractivity contribution in [2.24, 2.45) is 28.3 Å². The van der Waals surface area contributed by atoms with Crippen LogP contribution in [-0.2, 0) is 16.0 Å². The van der Waals surface area contributed by atoms with Crippen molar-refractivity contribution < 1.29 is 19.4 Å². The fraction of sp³-hybridized carbons (Fsp3) is 0.500. The molecule has 0 atom stereocenters. The summed E-state index contributed by atoms with van der Waals surface area (Å²) in [7, 11) is 0. The normalized spacial score (nSPS) is 19.8. The van der Waals surface area contributed by atoms with Crippen LogP contribution in [0.25, 0.3) is 0 Å². The second-order valence-electron chi connectivity index (χ2n) is 6.44. The van der Waals surface area contributed by atoms with Gasteiger partial charge in [-0.2, -0.15) is 0 Å². The van der Waals surface area contributed by atoms with Gasteiger partial charge in [-0.05, 0) is 55.7 Å². The molecule has 7 heteroatoms. The molecule has 1 aliphatic rings. The third kappa shape index (κ3) is 6.45. The van der Waals surface area contributed by atoms with Gasteiger partial charge in [-0.25, -0.2) is 0 Å². The molecule has 2 rings (SSSR count). The minimum Gasteiger partial charge on any atom is -0.481 e. The maximum Gasteiger partial charge on any atom is 0.314 e. The van der Waals surface area contributed by atoms with Gasteiger partial charge in [0.15, 0.2) is 5.96 Å². The van der Waals surface area contributed by atoms with Crippen molar-refractivity contribution in [2.75, 3.05) is 6.54 Å². The Bertz CT molecular complexity index is 616. The third-order valence-electron chi connectivity index (χ3n) is 4.48. The number of aliphatic imine (C=N–C) groups is 1. The average molecular weight is 347 g/mol. The number of hydrogen-bond acceptors (Lipinski definition) is 4. The van der Waals surface area contributed by atoms with Gasteiger partial charge < -0.3 is 21.3 Å². The van der Waals surface area contributed by atoms with Crippen LogP contribution < -0.4 is 16.2 Å². The standard InChI is InChI=1S/C18H25N3O4/c19-18(20)21-11-13-1-6-14(7-2-13)17(24)25-15-8-3-12(4-9-15)5-10-16(22)23/h3-4,8-9,13-14H,1-2,5-7,10-11H2,(H,22,23)(H4,19,20,21). The second kappa shape index (κ2) is 9.05. The van der Waals surface area contributed by atoms with Gasteiger partial charge in [0.2, 0.25) is 0 Å². The van der Waals surface area contributed by atoms with Gasteiger partial charge in [-0.3, -0.25) is 14.6 Å². The van der Waals surface area contributed by atoms with Gasteiger partial charge in [0.1, 0.15) is 5.75 Å². The first-order valence-corrected chi connectivity index (χ1v) is 8.52. The van der Waals surface area contributed by atoms with E-state index in [0.717, 1.165) is 31.2 Å². The quantitative estimate of drug-likeness (QED) is 0.298. The SMILES string of the molecule is NC(N)=NCC1CCC(C(=O)Oc2ccc(CCC(=O)O)cc2)CC1. The molecule has 1 aliphatic carbocycles. The van der Waals surface area contributed by atoms with Gasteiger partial charge in [-0.1, -0.05) is 12.1 Å². The number of carboxylic acids is 1. The number of ether oxygens (including phenoxy) is 1. The van der Waals surface area contributed by atoms with Gasteiger partial charge in [0.25, 0.3) is 0 Å². The van der Waals surface area contributed by atoms with Crippen molar-refractivity contribution >= 4 is 17.9 Å². The van der Waals surface area contributed by atoms with Gasteiger partial charge in [-0.15, -0.1) is 0 Å². The van der Waals surface area contributed by atoms with Gasteiger partial charge in [0, 0.05) is 13.0 Å². The highest BCUT2D eigenvalue weighted by molar-refractivity contribution is 5.76. The summed E-state index contributed by atoms with van der Waals surface area (Å²) in [5.41, 5.74) is 11.6. The Morgan fingerprint density at radius 2 is 1.76 bits per heavy atom. The smallest absolute Gasteiger partial charge is 0.314 e. The summed E-state index contributed by atoms with van der Waals surface area (Å²) >= 11 is 0. The van der Waals surface area contributed by atoms with E-state index in [1.165, 1.54) is 0 Å². The van der Waals surface area contributed by atoms with Crippen LogP contribution in [0.4, 0.5) is 0 Å². The lowest BCUT2D eigenvalue weighted by molar-refractivity contribution is -0.140. The Hall–Kier alpha value is -2.57. The predicted molar refractivity (Wildman–Crippen MR) is 94.2 cm³/mol. The Labute approximate surface area is 147 Å². The van der Waals surface area contributed by atoms with Crippen LogP contribution >= 0.6 is 0 Å². The Balaban J connectivity index is 1.78. The van der Waals surface area contributed by atoms with E-state index < -0.39 is 5.97 Å². The molecule has 5 N–H and O–H groups in total. The van der Waals surface area contributed by atoms with Crippen LogP contribution in [0.3, 0.4) is 0 Å². The molecule has 0 bridgehead atoms. The number of aliphatic carboxylic acids is 1. The Morgan fingerprint density at radius 3 is 2.32 bits per heavy atom.